The van der Waals surface area contributed by atoms with Crippen molar-refractivity contribution in [3.63, 3.8) is 0 Å². The van der Waals surface area contributed by atoms with E-state index in [-0.39, 0.29) is 6.54 Å². The van der Waals surface area contributed by atoms with Crippen LogP contribution in [0, 0.1) is 0 Å². The molecule has 0 aliphatic rings. The number of hydrogen-bond acceptors (Lipinski definition) is 3. The minimum Gasteiger partial charge on any atom is -0.386 e. The maximum atomic E-state index is 9.82. The summed E-state index contributed by atoms with van der Waals surface area (Å²) in [5.74, 6) is 0.375. The van der Waals surface area contributed by atoms with Crippen molar-refractivity contribution in [3.8, 4) is 0 Å². The van der Waals surface area contributed by atoms with E-state index < -0.39 is 6.10 Å². The molecule has 17 heavy (non-hydrogen) atoms. The van der Waals surface area contributed by atoms with E-state index in [0.29, 0.717) is 10.3 Å². The molecule has 96 valence electrons. The zero-order valence-electron chi connectivity index (χ0n) is 9.82. The van der Waals surface area contributed by atoms with E-state index >= 15 is 0 Å². The standard InChI is InChI=1S/C11H18ClN3OS/c1-2-3-6-14-11(13)15-7-8(16)9-4-5-10(12)17-9/h4-5,8,16H,2-3,6-7H2,1H3,(H3,13,14,15). The maximum Gasteiger partial charge on any atom is 0.188 e. The Morgan fingerprint density at radius 2 is 2.41 bits per heavy atom. The first kappa shape index (κ1) is 14.3. The lowest BCUT2D eigenvalue weighted by Gasteiger charge is -2.07. The summed E-state index contributed by atoms with van der Waals surface area (Å²) in [5, 5.41) is 12.8. The quantitative estimate of drug-likeness (QED) is 0.423. The molecule has 4 nitrogen and oxygen atoms in total. The van der Waals surface area contributed by atoms with Crippen LogP contribution in [0.4, 0.5) is 0 Å². The average Bonchev–Trinajstić information content (AvgIpc) is 2.73. The van der Waals surface area contributed by atoms with Crippen molar-refractivity contribution in [2.45, 2.75) is 25.9 Å². The molecule has 1 unspecified atom stereocenters. The summed E-state index contributed by atoms with van der Waals surface area (Å²) in [6, 6.07) is 3.56. The largest absolute Gasteiger partial charge is 0.386 e. The number of nitrogens with two attached hydrogens (primary N) is 1. The molecule has 0 aliphatic carbocycles. The van der Waals surface area contributed by atoms with Gasteiger partial charge < -0.3 is 16.2 Å². The molecule has 0 aromatic carbocycles. The predicted octanol–water partition coefficient (Wildman–Crippen LogP) is 2.14. The third-order valence-corrected chi connectivity index (χ3v) is 3.53. The molecule has 1 rings (SSSR count). The van der Waals surface area contributed by atoms with Crippen LogP contribution in [0.15, 0.2) is 17.1 Å². The fourth-order valence-electron chi connectivity index (χ4n) is 1.23. The molecule has 6 heteroatoms. The lowest BCUT2D eigenvalue weighted by atomic mass is 10.3. The zero-order valence-corrected chi connectivity index (χ0v) is 11.4. The van der Waals surface area contributed by atoms with E-state index in [1.165, 1.54) is 11.3 Å². The molecule has 1 heterocycles. The molecule has 1 aromatic heterocycles. The van der Waals surface area contributed by atoms with E-state index in [0.717, 1.165) is 24.3 Å². The number of halogens is 1. The smallest absolute Gasteiger partial charge is 0.188 e. The van der Waals surface area contributed by atoms with Crippen LogP contribution in [-0.2, 0) is 0 Å². The van der Waals surface area contributed by atoms with Gasteiger partial charge in [-0.3, -0.25) is 4.99 Å². The minimum absolute atomic E-state index is 0.252. The van der Waals surface area contributed by atoms with Crippen LogP contribution >= 0.6 is 22.9 Å². The molecule has 0 saturated heterocycles. The van der Waals surface area contributed by atoms with Gasteiger partial charge in [-0.15, -0.1) is 11.3 Å². The van der Waals surface area contributed by atoms with Gasteiger partial charge in [0.25, 0.3) is 0 Å². The number of rotatable bonds is 6. The normalized spacial score (nSPS) is 13.7. The van der Waals surface area contributed by atoms with E-state index in [9.17, 15) is 5.11 Å². The second-order valence-corrected chi connectivity index (χ2v) is 5.41. The minimum atomic E-state index is -0.640. The number of nitrogens with one attached hydrogen (secondary N) is 1. The van der Waals surface area contributed by atoms with Crippen LogP contribution in [0.1, 0.15) is 30.7 Å². The van der Waals surface area contributed by atoms with Crippen molar-refractivity contribution in [2.75, 3.05) is 13.1 Å². The van der Waals surface area contributed by atoms with E-state index in [4.69, 9.17) is 17.3 Å². The van der Waals surface area contributed by atoms with E-state index in [1.807, 2.05) is 0 Å². The van der Waals surface area contributed by atoms with Gasteiger partial charge in [-0.05, 0) is 18.6 Å². The van der Waals surface area contributed by atoms with Crippen molar-refractivity contribution in [3.05, 3.63) is 21.3 Å². The lowest BCUT2D eigenvalue weighted by molar-refractivity contribution is 0.191. The fourth-order valence-corrected chi connectivity index (χ4v) is 2.27. The Balaban J connectivity index is 2.36. The third kappa shape index (κ3) is 5.39. The number of hydrogen-bond donors (Lipinski definition) is 3. The number of thiophene rings is 1. The van der Waals surface area contributed by atoms with Crippen molar-refractivity contribution in [1.82, 2.24) is 5.32 Å². The first-order valence-electron chi connectivity index (χ1n) is 5.60. The number of nitrogens with zero attached hydrogens (tertiary/aromatic N) is 1. The lowest BCUT2D eigenvalue weighted by Crippen LogP contribution is -2.32. The number of guanidine groups is 1. The molecule has 1 aromatic rings. The zero-order chi connectivity index (χ0) is 12.7. The predicted molar refractivity (Wildman–Crippen MR) is 73.7 cm³/mol. The number of aliphatic hydroxyl groups is 1. The Morgan fingerprint density at radius 1 is 1.65 bits per heavy atom. The summed E-state index contributed by atoms with van der Waals surface area (Å²) in [5.41, 5.74) is 5.65. The van der Waals surface area contributed by atoms with Gasteiger partial charge in [0, 0.05) is 11.4 Å². The van der Waals surface area contributed by atoms with Gasteiger partial charge in [0.15, 0.2) is 5.96 Å². The van der Waals surface area contributed by atoms with Crippen LogP contribution in [0.25, 0.3) is 0 Å². The van der Waals surface area contributed by atoms with Gasteiger partial charge in [-0.2, -0.15) is 0 Å². The number of unbranched alkanes of at least 4 members (excludes halogenated alkanes) is 1. The Bertz CT molecular complexity index is 367. The molecule has 0 saturated carbocycles. The maximum absolute atomic E-state index is 9.82. The van der Waals surface area contributed by atoms with Crippen molar-refractivity contribution < 1.29 is 5.11 Å². The van der Waals surface area contributed by atoms with Gasteiger partial charge in [0.1, 0.15) is 6.10 Å². The molecular weight excluding hydrogens is 258 g/mol. The summed E-state index contributed by atoms with van der Waals surface area (Å²) in [7, 11) is 0. The SMILES string of the molecule is CCCCNC(N)=NCC(O)c1ccc(Cl)s1. The Hall–Kier alpha value is -0.780. The van der Waals surface area contributed by atoms with Crippen LogP contribution in [0.5, 0.6) is 0 Å². The summed E-state index contributed by atoms with van der Waals surface area (Å²) in [6.45, 7) is 3.17. The van der Waals surface area contributed by atoms with Crippen molar-refractivity contribution >= 4 is 28.9 Å². The summed E-state index contributed by atoms with van der Waals surface area (Å²) >= 11 is 7.14. The van der Waals surface area contributed by atoms with Crippen LogP contribution in [0.2, 0.25) is 4.34 Å². The summed E-state index contributed by atoms with van der Waals surface area (Å²) in [6.07, 6.45) is 1.52. The highest BCUT2D eigenvalue weighted by Gasteiger charge is 2.09. The molecule has 0 amide bonds. The van der Waals surface area contributed by atoms with Gasteiger partial charge in [0.05, 0.1) is 10.9 Å². The molecule has 4 N–H and O–H groups in total. The third-order valence-electron chi connectivity index (χ3n) is 2.19. The molecule has 0 spiro atoms. The number of aliphatic hydroxyl groups excluding tert-OH is 1. The molecule has 0 bridgehead atoms. The van der Waals surface area contributed by atoms with Crippen molar-refractivity contribution in [1.29, 1.82) is 0 Å². The van der Waals surface area contributed by atoms with Crippen molar-refractivity contribution in [2.24, 2.45) is 10.7 Å². The summed E-state index contributed by atoms with van der Waals surface area (Å²) < 4.78 is 0.664. The van der Waals surface area contributed by atoms with Gasteiger partial charge in [-0.1, -0.05) is 24.9 Å². The topological polar surface area (TPSA) is 70.6 Å². The summed E-state index contributed by atoms with van der Waals surface area (Å²) in [4.78, 5) is 4.88. The van der Waals surface area contributed by atoms with Gasteiger partial charge in [-0.25, -0.2) is 0 Å². The highest BCUT2D eigenvalue weighted by atomic mass is 35.5. The highest BCUT2D eigenvalue weighted by molar-refractivity contribution is 7.16. The Labute approximate surface area is 111 Å². The van der Waals surface area contributed by atoms with Crippen LogP contribution in [-0.4, -0.2) is 24.2 Å². The van der Waals surface area contributed by atoms with Crippen LogP contribution < -0.4 is 11.1 Å². The average molecular weight is 276 g/mol. The molecule has 0 aliphatic heterocycles. The monoisotopic (exact) mass is 275 g/mol. The van der Waals surface area contributed by atoms with E-state index in [2.05, 4.69) is 17.2 Å². The van der Waals surface area contributed by atoms with Crippen LogP contribution in [0.3, 0.4) is 0 Å². The first-order chi connectivity index (χ1) is 8.13. The Morgan fingerprint density at radius 3 is 3.00 bits per heavy atom. The second kappa shape index (κ2) is 7.53. The molecule has 0 fully saturated rings. The van der Waals surface area contributed by atoms with E-state index in [1.54, 1.807) is 12.1 Å². The Kier molecular flexibility index (Phi) is 6.32. The molecule has 1 atom stereocenters. The first-order valence-corrected chi connectivity index (χ1v) is 6.80. The van der Waals surface area contributed by atoms with Gasteiger partial charge >= 0.3 is 0 Å². The second-order valence-electron chi connectivity index (χ2n) is 3.66. The molecular formula is C11H18ClN3OS. The molecule has 0 radical (unpaired) electrons. The van der Waals surface area contributed by atoms with Gasteiger partial charge in [0.2, 0.25) is 0 Å². The highest BCUT2D eigenvalue weighted by Crippen LogP contribution is 2.26. The number of aliphatic imine (C=N–C) groups is 1. The fraction of sp³-hybridized carbons (Fsp3) is 0.545.